The Labute approximate surface area is 670 Å². The van der Waals surface area contributed by atoms with Crippen molar-refractivity contribution in [2.24, 2.45) is 0 Å². The molecule has 712 valence electrons. The molecule has 0 aromatic heterocycles. The highest BCUT2D eigenvalue weighted by Crippen LogP contribution is 2.43. The van der Waals surface area contributed by atoms with Crippen molar-refractivity contribution in [1.29, 1.82) is 0 Å². The average Bonchev–Trinajstić information content (AvgIpc) is 0.750. The third-order valence-electron chi connectivity index (χ3n) is 13.6. The van der Waals surface area contributed by atoms with Gasteiger partial charge in [-0.25, -0.2) is 66.9 Å². The van der Waals surface area contributed by atoms with Gasteiger partial charge in [-0.3, -0.25) is 72.8 Å². The van der Waals surface area contributed by atoms with E-state index in [2.05, 4.69) is 66.9 Å². The normalized spacial score (nSPS) is 33.4. The number of rotatable bonds is 45. The van der Waals surface area contributed by atoms with Crippen molar-refractivity contribution in [2.75, 3.05) is 33.0 Å². The Bertz CT molecular complexity index is 5560. The van der Waals surface area contributed by atoms with Gasteiger partial charge in [-0.15, -0.1) is 0 Å². The van der Waals surface area contributed by atoms with Crippen molar-refractivity contribution >= 4 is 166 Å². The monoisotopic (exact) mass is 2110 g/mol. The van der Waals surface area contributed by atoms with Crippen LogP contribution in [0.5, 0.6) is 0 Å². The molecular weight excluding hydrogens is 2060 g/mol. The molecular formula is C30H52O74S16. The summed E-state index contributed by atoms with van der Waals surface area (Å²) >= 11 is 0. The van der Waals surface area contributed by atoms with Gasteiger partial charge >= 0.3 is 166 Å². The van der Waals surface area contributed by atoms with Crippen LogP contribution in [0.1, 0.15) is 0 Å². The predicted octanol–water partition coefficient (Wildman–Crippen LogP) is -14.7. The lowest BCUT2D eigenvalue weighted by Gasteiger charge is -2.51. The largest absolute Gasteiger partial charge is 0.397 e. The Hall–Kier alpha value is -2.48. The molecule has 0 aromatic carbocycles. The van der Waals surface area contributed by atoms with Crippen molar-refractivity contribution < 1.29 is 322 Å². The molecule has 0 spiro atoms. The predicted molar refractivity (Wildman–Crippen MR) is 333 cm³/mol. The van der Waals surface area contributed by atoms with Gasteiger partial charge in [-0.05, 0) is 0 Å². The van der Waals surface area contributed by atoms with Gasteiger partial charge < -0.3 is 47.7 Å². The number of hydrogen-bond acceptors (Lipinski definition) is 58. The molecule has 0 aliphatic carbocycles. The smallest absolute Gasteiger partial charge is 0.366 e. The van der Waals surface area contributed by atoms with Gasteiger partial charge in [-0.2, -0.15) is 135 Å². The second-order valence-electron chi connectivity index (χ2n) is 22.1. The zero-order valence-corrected chi connectivity index (χ0v) is 68.4. The van der Waals surface area contributed by atoms with E-state index in [0.29, 0.717) is 0 Å². The van der Waals surface area contributed by atoms with Crippen molar-refractivity contribution in [1.82, 2.24) is 0 Å². The molecule has 0 bridgehead atoms. The summed E-state index contributed by atoms with van der Waals surface area (Å²) in [5, 5.41) is 10.7. The molecule has 0 aromatic rings. The quantitative estimate of drug-likeness (QED) is 0.0252. The van der Waals surface area contributed by atoms with Crippen molar-refractivity contribution in [3.8, 4) is 0 Å². The van der Waals surface area contributed by atoms with Crippen LogP contribution in [0.2, 0.25) is 0 Å². The van der Waals surface area contributed by atoms with Crippen LogP contribution in [0, 0.1) is 0 Å². The number of hydrogen-bond donors (Lipinski definition) is 17. The second-order valence-corrected chi connectivity index (χ2v) is 39.1. The summed E-state index contributed by atoms with van der Waals surface area (Å²) in [6.45, 7) is -12.0. The molecule has 0 saturated carbocycles. The molecule has 120 heavy (non-hydrogen) atoms. The first-order valence-electron chi connectivity index (χ1n) is 28.2. The lowest BCUT2D eigenvalue weighted by Crippen LogP contribution is -2.70. The summed E-state index contributed by atoms with van der Waals surface area (Å²) in [6, 6.07) is 0. The Kier molecular flexibility index (Phi) is 35.5. The maximum Gasteiger partial charge on any atom is 0.397 e. The minimum absolute atomic E-state index is 2.13. The molecule has 5 aliphatic heterocycles. The zero-order chi connectivity index (χ0) is 92.6. The van der Waals surface area contributed by atoms with E-state index in [1.165, 1.54) is 0 Å². The molecule has 0 radical (unpaired) electrons. The summed E-state index contributed by atoms with van der Waals surface area (Å²) < 4.78 is 669. The first-order chi connectivity index (χ1) is 53.3. The van der Waals surface area contributed by atoms with E-state index < -0.39 is 353 Å². The standard InChI is InChI=1S/C30H52O74S16/c31-26-21(100-116(65,66)67)16(95-111(50,51)52)11(6(85-26)1-80-105(32,33)34)90-27-22(101-117(68,69)70)17(96-112(53,54)55)12(7(86-27)2-81-106(35,36)37)91-28-23(102-118(71,72)73)18(97-113(56,57)58)13(8(87-28)3-82-107(38,39)40)92-29-24(103-119(74,75)76)19(98-114(59,60)61)14(9(88-29)4-83-108(41,42)43)93-30-25(104-120(77,78)79)20(99-115(62,63)64)15(94-110(47,48)49)10(89-30)5-84-109(44,45)46/h6-31H,1-5H2,(H,32,33,34)(H,35,36,37)(H,38,39,40)(H,41,42,43)(H,44,45,46)(H,47,48,49)(H,50,51,52)(H,53,54,55)(H,56,57,58)(H,59,60,61)(H,62,63,64)(H,65,66,67)(H,68,69,70)(H,71,72,73)(H,74,75,76)(H,77,78,79)/t6-,7-,8-,9+,10+,11-,12-,13+,14-,15-,16-,17-,18+,19-,20+,21+,22+,23+,24-,25?,26?,27-,28-,29-,30-/m1/s1. The number of aliphatic hydroxyl groups is 1. The minimum Gasteiger partial charge on any atom is -0.366 e. The van der Waals surface area contributed by atoms with Gasteiger partial charge in [0.15, 0.2) is 62.0 Å². The van der Waals surface area contributed by atoms with Crippen LogP contribution in [0.3, 0.4) is 0 Å². The topological polar surface area (TPSA) is 1120 Å². The Morgan fingerprint density at radius 3 is 0.475 bits per heavy atom. The Balaban J connectivity index is 1.92. The maximum atomic E-state index is 13.1. The fraction of sp³-hybridized carbons (Fsp3) is 1.00. The van der Waals surface area contributed by atoms with Gasteiger partial charge in [0.05, 0.1) is 33.0 Å². The van der Waals surface area contributed by atoms with Crippen LogP contribution in [-0.4, -0.2) is 399 Å². The van der Waals surface area contributed by atoms with E-state index in [4.69, 9.17) is 42.6 Å². The fourth-order valence-electron chi connectivity index (χ4n) is 10.3. The summed E-state index contributed by atoms with van der Waals surface area (Å²) in [5.41, 5.74) is 0. The van der Waals surface area contributed by atoms with Gasteiger partial charge in [0, 0.05) is 0 Å². The third-order valence-corrected chi connectivity index (χ3v) is 20.9. The fourth-order valence-corrected chi connectivity index (χ4v) is 17.2. The lowest BCUT2D eigenvalue weighted by atomic mass is 9.95. The summed E-state index contributed by atoms with van der Waals surface area (Å²) in [6.07, 6.45) is -94.0. The van der Waals surface area contributed by atoms with Gasteiger partial charge in [0.25, 0.3) is 0 Å². The molecule has 2 unspecified atom stereocenters. The first kappa shape index (κ1) is 108. The van der Waals surface area contributed by atoms with Crippen molar-refractivity contribution in [3.63, 3.8) is 0 Å². The van der Waals surface area contributed by atoms with E-state index >= 15 is 0 Å². The molecule has 5 saturated heterocycles. The summed E-state index contributed by atoms with van der Waals surface area (Å²) in [4.78, 5) is 0. The summed E-state index contributed by atoms with van der Waals surface area (Å²) in [7, 11) is -105. The first-order valence-corrected chi connectivity index (χ1v) is 50.0. The molecule has 0 amide bonds. The summed E-state index contributed by atoms with van der Waals surface area (Å²) in [5.74, 6) is 0. The Morgan fingerprint density at radius 2 is 0.300 bits per heavy atom. The number of aliphatic hydroxyl groups excluding tert-OH is 1. The van der Waals surface area contributed by atoms with Crippen LogP contribution in [0.4, 0.5) is 0 Å². The third kappa shape index (κ3) is 38.4. The van der Waals surface area contributed by atoms with E-state index in [9.17, 15) is 213 Å². The molecule has 5 aliphatic rings. The van der Waals surface area contributed by atoms with Gasteiger partial charge in [0.2, 0.25) is 0 Å². The molecule has 17 N–H and O–H groups in total. The molecule has 5 fully saturated rings. The molecule has 5 heterocycles. The van der Waals surface area contributed by atoms with Crippen LogP contribution in [-0.2, 0) is 276 Å². The van der Waals surface area contributed by atoms with E-state index in [1.54, 1.807) is 0 Å². The van der Waals surface area contributed by atoms with Crippen LogP contribution in [0.25, 0.3) is 0 Å². The second kappa shape index (κ2) is 39.5. The van der Waals surface area contributed by atoms with Gasteiger partial charge in [0.1, 0.15) is 91.6 Å². The van der Waals surface area contributed by atoms with Crippen LogP contribution >= 0.6 is 0 Å². The van der Waals surface area contributed by atoms with E-state index in [1.807, 2.05) is 0 Å². The highest BCUT2D eigenvalue weighted by Gasteiger charge is 2.64. The zero-order valence-electron chi connectivity index (χ0n) is 55.4. The van der Waals surface area contributed by atoms with Gasteiger partial charge in [-0.1, -0.05) is 0 Å². The lowest BCUT2D eigenvalue weighted by molar-refractivity contribution is -0.383. The van der Waals surface area contributed by atoms with Crippen molar-refractivity contribution in [2.45, 2.75) is 154 Å². The van der Waals surface area contributed by atoms with E-state index in [0.717, 1.165) is 0 Å². The molecule has 5 rings (SSSR count). The minimum atomic E-state index is -6.99. The maximum absolute atomic E-state index is 13.1. The Morgan fingerprint density at radius 1 is 0.167 bits per heavy atom. The number of ether oxygens (including phenoxy) is 9. The van der Waals surface area contributed by atoms with E-state index in [-0.39, 0.29) is 0 Å². The van der Waals surface area contributed by atoms with Crippen molar-refractivity contribution in [3.05, 3.63) is 0 Å². The SMILES string of the molecule is O=S(=O)(O)OC[C@@H]1O[C@H](O[C@H]2[C@@H](OS(=O)(=O)O)[C@@H](OS(=O)(=O)O)[C@@H](O[C@@H]3[C@H](OS(=O)(=O)O)[C@H](OS(=O)(=O)O)[C@@H](O[C@H]4[C@@H](OS(=O)(=O)O)[C@H](OS(=O)(=O)O)[C@@H](O[C@H]5[C@@H](OS(=O)(=O)O)[C@H](OS(=O)(=O)O)C(O)O[C@@H]5COS(=O)(=O)O)O[C@@H]4COS(=O)(=O)O)O[C@@H]3COS(=O)(=O)O)O[C@H]2COS(=O)(=O)O)C(OS(=O)(=O)O)[C@@H](OS(=O)(=O)O)[C@@H]1OS(=O)(=O)O. The highest BCUT2D eigenvalue weighted by molar-refractivity contribution is 7.84. The van der Waals surface area contributed by atoms with Crippen LogP contribution in [0.15, 0.2) is 0 Å². The molecule has 90 heteroatoms. The highest BCUT2D eigenvalue weighted by atomic mass is 32.3. The molecule has 74 nitrogen and oxygen atoms in total. The van der Waals surface area contributed by atoms with Crippen LogP contribution < -0.4 is 0 Å². The average molecular weight is 2110 g/mol. The molecule has 25 atom stereocenters.